The Hall–Kier alpha value is -0.943. The van der Waals surface area contributed by atoms with Crippen LogP contribution in [0.1, 0.15) is 25.5 Å². The Labute approximate surface area is 129 Å². The Morgan fingerprint density at radius 3 is 2.43 bits per heavy atom. The first kappa shape index (κ1) is 18.1. The van der Waals surface area contributed by atoms with E-state index in [0.29, 0.717) is 12.8 Å². The summed E-state index contributed by atoms with van der Waals surface area (Å²) < 4.78 is 11.4. The van der Waals surface area contributed by atoms with Crippen molar-refractivity contribution in [3.05, 3.63) is 48.0 Å². The Morgan fingerprint density at radius 2 is 1.90 bits per heavy atom. The number of allylic oxidation sites excluding steroid dienone is 1. The first-order valence-corrected chi connectivity index (χ1v) is 10.6. The Morgan fingerprint density at radius 1 is 1.29 bits per heavy atom. The van der Waals surface area contributed by atoms with Gasteiger partial charge in [0, 0.05) is 13.3 Å². The van der Waals surface area contributed by atoms with E-state index in [0.717, 1.165) is 5.56 Å². The summed E-state index contributed by atoms with van der Waals surface area (Å²) in [6.07, 6.45) is 4.30. The maximum absolute atomic E-state index is 10.5. The minimum absolute atomic E-state index is 0.0670. The number of benzene rings is 1. The summed E-state index contributed by atoms with van der Waals surface area (Å²) in [5.74, 6) is 0. The monoisotopic (exact) mass is 308 g/mol. The fourth-order valence-corrected chi connectivity index (χ4v) is 3.62. The number of ether oxygens (including phenoxy) is 2. The van der Waals surface area contributed by atoms with Crippen LogP contribution in [0.5, 0.6) is 0 Å². The summed E-state index contributed by atoms with van der Waals surface area (Å²) in [5.41, 5.74) is 1.11. The standard InChI is InChI=1S/C17H28O3Si/c1-6-12-17(2,18)21(4,5)14-20-13-16(19-3)15-10-8-7-9-11-15/h6-12,16,18H,13-14H2,1-5H3/b12-6-/t16-,17+/m1/s1. The molecule has 0 saturated carbocycles. The van der Waals surface area contributed by atoms with Gasteiger partial charge >= 0.3 is 0 Å². The van der Waals surface area contributed by atoms with E-state index in [2.05, 4.69) is 13.1 Å². The van der Waals surface area contributed by atoms with Gasteiger partial charge in [-0.1, -0.05) is 55.6 Å². The lowest BCUT2D eigenvalue weighted by Gasteiger charge is -2.36. The van der Waals surface area contributed by atoms with Gasteiger partial charge in [-0.05, 0) is 19.4 Å². The van der Waals surface area contributed by atoms with E-state index in [9.17, 15) is 5.11 Å². The maximum Gasteiger partial charge on any atom is 0.118 e. The zero-order valence-corrected chi connectivity index (χ0v) is 14.8. The highest BCUT2D eigenvalue weighted by Gasteiger charge is 2.39. The van der Waals surface area contributed by atoms with Crippen LogP contribution in [0.25, 0.3) is 0 Å². The SMILES string of the molecule is C/C=C\[C@@](C)(O)[Si](C)(C)COC[C@@H](OC)c1ccccc1. The third-order valence-electron chi connectivity index (χ3n) is 4.05. The molecule has 0 aliphatic heterocycles. The van der Waals surface area contributed by atoms with E-state index in [4.69, 9.17) is 9.47 Å². The van der Waals surface area contributed by atoms with E-state index in [1.165, 1.54) is 0 Å². The minimum atomic E-state index is -1.94. The molecule has 1 N–H and O–H groups in total. The summed E-state index contributed by atoms with van der Waals surface area (Å²) in [5, 5.41) is 9.78. The van der Waals surface area contributed by atoms with Gasteiger partial charge in [-0.2, -0.15) is 0 Å². The third-order valence-corrected chi connectivity index (χ3v) is 7.88. The molecule has 0 aliphatic rings. The van der Waals surface area contributed by atoms with Gasteiger partial charge in [0.05, 0.1) is 11.8 Å². The Kier molecular flexibility index (Phi) is 6.81. The lowest BCUT2D eigenvalue weighted by atomic mass is 10.1. The molecule has 0 spiro atoms. The van der Waals surface area contributed by atoms with Gasteiger partial charge in [-0.15, -0.1) is 0 Å². The Balaban J connectivity index is 2.59. The van der Waals surface area contributed by atoms with Crippen molar-refractivity contribution in [2.45, 2.75) is 38.3 Å². The van der Waals surface area contributed by atoms with Crippen LogP contribution in [0.15, 0.2) is 42.5 Å². The van der Waals surface area contributed by atoms with Gasteiger partial charge < -0.3 is 14.6 Å². The molecule has 0 aliphatic carbocycles. The molecule has 2 atom stereocenters. The van der Waals surface area contributed by atoms with E-state index in [1.807, 2.05) is 56.3 Å². The van der Waals surface area contributed by atoms with Gasteiger partial charge in [0.1, 0.15) is 14.2 Å². The Bertz CT molecular complexity index is 441. The first-order valence-electron chi connectivity index (χ1n) is 7.36. The zero-order valence-electron chi connectivity index (χ0n) is 13.8. The molecule has 0 bridgehead atoms. The molecule has 0 fully saturated rings. The van der Waals surface area contributed by atoms with Crippen molar-refractivity contribution in [1.29, 1.82) is 0 Å². The lowest BCUT2D eigenvalue weighted by Crippen LogP contribution is -2.54. The summed E-state index contributed by atoms with van der Waals surface area (Å²) in [4.78, 5) is 0. The van der Waals surface area contributed by atoms with Crippen molar-refractivity contribution in [3.63, 3.8) is 0 Å². The first-order chi connectivity index (χ1) is 9.84. The molecule has 0 heterocycles. The van der Waals surface area contributed by atoms with Crippen LogP contribution in [0.4, 0.5) is 0 Å². The summed E-state index contributed by atoms with van der Waals surface area (Å²) in [6, 6.07) is 10.1. The second-order valence-electron chi connectivity index (χ2n) is 6.18. The van der Waals surface area contributed by atoms with E-state index in [1.54, 1.807) is 7.11 Å². The molecule has 21 heavy (non-hydrogen) atoms. The van der Waals surface area contributed by atoms with E-state index < -0.39 is 13.3 Å². The fraction of sp³-hybridized carbons (Fsp3) is 0.529. The second kappa shape index (κ2) is 7.89. The molecule has 3 nitrogen and oxygen atoms in total. The van der Waals surface area contributed by atoms with Crippen molar-refractivity contribution in [2.24, 2.45) is 0 Å². The maximum atomic E-state index is 10.5. The number of methoxy groups -OCH3 is 1. The van der Waals surface area contributed by atoms with Crippen molar-refractivity contribution in [3.8, 4) is 0 Å². The lowest BCUT2D eigenvalue weighted by molar-refractivity contribution is 0.0177. The van der Waals surface area contributed by atoms with E-state index in [-0.39, 0.29) is 6.10 Å². The van der Waals surface area contributed by atoms with Gasteiger partial charge in [0.2, 0.25) is 0 Å². The largest absolute Gasteiger partial charge is 0.390 e. The number of hydrogen-bond donors (Lipinski definition) is 1. The third kappa shape index (κ3) is 5.07. The molecular formula is C17H28O3Si. The average molecular weight is 308 g/mol. The van der Waals surface area contributed by atoms with Crippen LogP contribution in [-0.4, -0.2) is 38.4 Å². The quantitative estimate of drug-likeness (QED) is 0.590. The minimum Gasteiger partial charge on any atom is -0.390 e. The summed E-state index contributed by atoms with van der Waals surface area (Å²) in [7, 11) is -0.247. The van der Waals surface area contributed by atoms with Crippen LogP contribution in [0.3, 0.4) is 0 Å². The van der Waals surface area contributed by atoms with Gasteiger partial charge in [-0.3, -0.25) is 0 Å². The average Bonchev–Trinajstić information content (AvgIpc) is 2.44. The molecule has 0 amide bonds. The summed E-state index contributed by atoms with van der Waals surface area (Å²) in [6.45, 7) is 8.57. The molecular weight excluding hydrogens is 280 g/mol. The highest BCUT2D eigenvalue weighted by molar-refractivity contribution is 6.80. The van der Waals surface area contributed by atoms with Crippen molar-refractivity contribution in [2.75, 3.05) is 19.9 Å². The molecule has 1 aromatic rings. The molecule has 0 saturated heterocycles. The highest BCUT2D eigenvalue weighted by Crippen LogP contribution is 2.23. The fourth-order valence-electron chi connectivity index (χ4n) is 2.09. The second-order valence-corrected chi connectivity index (χ2v) is 11.3. The predicted molar refractivity (Wildman–Crippen MR) is 89.9 cm³/mol. The van der Waals surface area contributed by atoms with Gasteiger partial charge in [-0.25, -0.2) is 0 Å². The van der Waals surface area contributed by atoms with Crippen LogP contribution in [0.2, 0.25) is 13.1 Å². The van der Waals surface area contributed by atoms with Gasteiger partial charge in [0.15, 0.2) is 0 Å². The van der Waals surface area contributed by atoms with Crippen LogP contribution < -0.4 is 0 Å². The van der Waals surface area contributed by atoms with Crippen LogP contribution >= 0.6 is 0 Å². The molecule has 0 unspecified atom stereocenters. The summed E-state index contributed by atoms with van der Waals surface area (Å²) >= 11 is 0. The molecule has 118 valence electrons. The highest BCUT2D eigenvalue weighted by atomic mass is 28.3. The molecule has 1 aromatic carbocycles. The topological polar surface area (TPSA) is 38.7 Å². The zero-order chi connectivity index (χ0) is 15.9. The number of aliphatic hydroxyl groups is 1. The van der Waals surface area contributed by atoms with Crippen molar-refractivity contribution < 1.29 is 14.6 Å². The van der Waals surface area contributed by atoms with Gasteiger partial charge in [0.25, 0.3) is 0 Å². The van der Waals surface area contributed by atoms with Crippen LogP contribution in [0, 0.1) is 0 Å². The predicted octanol–water partition coefficient (Wildman–Crippen LogP) is 3.50. The number of rotatable bonds is 8. The normalized spacial score (nSPS) is 16.9. The van der Waals surface area contributed by atoms with Crippen molar-refractivity contribution in [1.82, 2.24) is 0 Å². The molecule has 1 rings (SSSR count). The number of hydrogen-bond acceptors (Lipinski definition) is 3. The molecule has 4 heteroatoms. The van der Waals surface area contributed by atoms with Crippen molar-refractivity contribution >= 4 is 8.07 Å². The molecule has 0 radical (unpaired) electrons. The van der Waals surface area contributed by atoms with E-state index >= 15 is 0 Å². The molecule has 0 aromatic heterocycles. The van der Waals surface area contributed by atoms with Crippen LogP contribution in [-0.2, 0) is 9.47 Å². The smallest absolute Gasteiger partial charge is 0.118 e.